The average molecular weight is 215 g/mol. The Labute approximate surface area is 90.2 Å². The van der Waals surface area contributed by atoms with Gasteiger partial charge < -0.3 is 10.2 Å². The van der Waals surface area contributed by atoms with Gasteiger partial charge in [0, 0.05) is 32.0 Å². The van der Waals surface area contributed by atoms with Crippen LogP contribution in [0.4, 0.5) is 5.95 Å². The molecule has 1 fully saturated rings. The minimum atomic E-state index is 0. The van der Waals surface area contributed by atoms with Gasteiger partial charge in [0.15, 0.2) is 0 Å². The summed E-state index contributed by atoms with van der Waals surface area (Å²) in [5.41, 5.74) is 0. The van der Waals surface area contributed by atoms with Gasteiger partial charge in [-0.25, -0.2) is 9.97 Å². The van der Waals surface area contributed by atoms with Crippen LogP contribution in [0.2, 0.25) is 0 Å². The maximum atomic E-state index is 4.21. The van der Waals surface area contributed by atoms with Crippen LogP contribution in [0.5, 0.6) is 0 Å². The lowest BCUT2D eigenvalue weighted by Crippen LogP contribution is -2.34. The number of hydrogen-bond acceptors (Lipinski definition) is 4. The summed E-state index contributed by atoms with van der Waals surface area (Å²) >= 11 is 0. The molecule has 0 saturated carbocycles. The first-order chi connectivity index (χ1) is 6.38. The van der Waals surface area contributed by atoms with E-state index in [1.165, 1.54) is 6.42 Å². The zero-order valence-corrected chi connectivity index (χ0v) is 9.00. The molecule has 0 bridgehead atoms. The van der Waals surface area contributed by atoms with Crippen LogP contribution in [-0.2, 0) is 0 Å². The van der Waals surface area contributed by atoms with Crippen LogP contribution in [0.25, 0.3) is 0 Å². The molecule has 2 rings (SSSR count). The Balaban J connectivity index is 0.000000980. The summed E-state index contributed by atoms with van der Waals surface area (Å²) < 4.78 is 0. The van der Waals surface area contributed by atoms with Gasteiger partial charge in [0.05, 0.1) is 0 Å². The molecule has 1 N–H and O–H groups in total. The zero-order valence-electron chi connectivity index (χ0n) is 8.18. The lowest BCUT2D eigenvalue weighted by Gasteiger charge is -2.23. The predicted molar refractivity (Wildman–Crippen MR) is 59.0 cm³/mol. The summed E-state index contributed by atoms with van der Waals surface area (Å²) in [7, 11) is 2.05. The number of likely N-dealkylation sites (N-methyl/N-ethyl adjacent to an activating group) is 1. The van der Waals surface area contributed by atoms with Crippen molar-refractivity contribution in [2.24, 2.45) is 0 Å². The quantitative estimate of drug-likeness (QED) is 0.787. The van der Waals surface area contributed by atoms with Crippen LogP contribution >= 0.6 is 12.4 Å². The van der Waals surface area contributed by atoms with Gasteiger partial charge in [0.25, 0.3) is 0 Å². The third kappa shape index (κ3) is 2.33. The van der Waals surface area contributed by atoms with Gasteiger partial charge in [-0.2, -0.15) is 0 Å². The molecule has 0 amide bonds. The molecular weight excluding hydrogens is 200 g/mol. The molecule has 0 radical (unpaired) electrons. The molecule has 4 nitrogen and oxygen atoms in total. The highest BCUT2D eigenvalue weighted by Gasteiger charge is 2.20. The second-order valence-electron chi connectivity index (χ2n) is 3.31. The topological polar surface area (TPSA) is 41.1 Å². The fraction of sp³-hybridized carbons (Fsp3) is 0.556. The van der Waals surface area contributed by atoms with Gasteiger partial charge in [-0.05, 0) is 19.0 Å². The predicted octanol–water partition coefficient (Wildman–Crippen LogP) is 0.696. The van der Waals surface area contributed by atoms with E-state index in [-0.39, 0.29) is 12.4 Å². The van der Waals surface area contributed by atoms with Crippen molar-refractivity contribution in [1.82, 2.24) is 15.3 Å². The van der Waals surface area contributed by atoms with Crippen LogP contribution in [0, 0.1) is 0 Å². The van der Waals surface area contributed by atoms with E-state index in [0.29, 0.717) is 6.04 Å². The Hall–Kier alpha value is -0.870. The number of aromatic nitrogens is 2. The van der Waals surface area contributed by atoms with Crippen molar-refractivity contribution >= 4 is 18.4 Å². The van der Waals surface area contributed by atoms with Crippen molar-refractivity contribution in [1.29, 1.82) is 0 Å². The highest BCUT2D eigenvalue weighted by molar-refractivity contribution is 5.85. The highest BCUT2D eigenvalue weighted by Crippen LogP contribution is 2.11. The van der Waals surface area contributed by atoms with Gasteiger partial charge in [-0.3, -0.25) is 0 Å². The second-order valence-corrected chi connectivity index (χ2v) is 3.31. The average Bonchev–Trinajstić information content (AvgIpc) is 2.71. The van der Waals surface area contributed by atoms with Crippen molar-refractivity contribution in [2.45, 2.75) is 12.5 Å². The highest BCUT2D eigenvalue weighted by atomic mass is 35.5. The van der Waals surface area contributed by atoms with E-state index in [1.54, 1.807) is 12.4 Å². The zero-order chi connectivity index (χ0) is 9.10. The molecule has 1 atom stereocenters. The first-order valence-electron chi connectivity index (χ1n) is 4.58. The summed E-state index contributed by atoms with van der Waals surface area (Å²) in [4.78, 5) is 10.6. The van der Waals surface area contributed by atoms with Crippen LogP contribution in [-0.4, -0.2) is 36.1 Å². The first-order valence-corrected chi connectivity index (χ1v) is 4.58. The molecule has 2 heterocycles. The van der Waals surface area contributed by atoms with Gasteiger partial charge >= 0.3 is 0 Å². The van der Waals surface area contributed by atoms with Gasteiger partial charge in [0.1, 0.15) is 0 Å². The van der Waals surface area contributed by atoms with E-state index < -0.39 is 0 Å². The Kier molecular flexibility index (Phi) is 4.10. The van der Waals surface area contributed by atoms with Crippen molar-refractivity contribution in [3.05, 3.63) is 18.5 Å². The van der Waals surface area contributed by atoms with Crippen molar-refractivity contribution in [3.63, 3.8) is 0 Å². The number of nitrogens with zero attached hydrogens (tertiary/aromatic N) is 3. The molecule has 78 valence electrons. The van der Waals surface area contributed by atoms with Crippen molar-refractivity contribution in [3.8, 4) is 0 Å². The minimum Gasteiger partial charge on any atom is -0.340 e. The largest absolute Gasteiger partial charge is 0.340 e. The lowest BCUT2D eigenvalue weighted by molar-refractivity contribution is 0.668. The summed E-state index contributed by atoms with van der Waals surface area (Å²) in [5.74, 6) is 0.816. The fourth-order valence-corrected chi connectivity index (χ4v) is 1.61. The fourth-order valence-electron chi connectivity index (χ4n) is 1.61. The van der Waals surface area contributed by atoms with Gasteiger partial charge in [0.2, 0.25) is 5.95 Å². The first kappa shape index (κ1) is 11.2. The summed E-state index contributed by atoms with van der Waals surface area (Å²) in [6.07, 6.45) is 4.73. The smallest absolute Gasteiger partial charge is 0.225 e. The standard InChI is InChI=1S/C9H14N4.ClH/c1-13(8-3-6-10-7-8)9-11-4-2-5-12-9;/h2,4-5,8,10H,3,6-7H2,1H3;1H. The summed E-state index contributed by atoms with van der Waals surface area (Å²) in [5, 5.41) is 3.33. The SMILES string of the molecule is CN(c1ncccn1)C1CCNC1.Cl. The maximum Gasteiger partial charge on any atom is 0.225 e. The number of rotatable bonds is 2. The third-order valence-electron chi connectivity index (χ3n) is 2.45. The number of halogens is 1. The van der Waals surface area contributed by atoms with Gasteiger partial charge in [-0.15, -0.1) is 12.4 Å². The van der Waals surface area contributed by atoms with E-state index in [9.17, 15) is 0 Å². The van der Waals surface area contributed by atoms with E-state index in [2.05, 4.69) is 20.2 Å². The van der Waals surface area contributed by atoms with Crippen LogP contribution in [0.3, 0.4) is 0 Å². The Morgan fingerprint density at radius 1 is 1.43 bits per heavy atom. The second kappa shape index (κ2) is 5.12. The van der Waals surface area contributed by atoms with Crippen LogP contribution in [0.1, 0.15) is 6.42 Å². The Bertz CT molecular complexity index is 261. The molecule has 5 heteroatoms. The Morgan fingerprint density at radius 3 is 2.71 bits per heavy atom. The minimum absolute atomic E-state index is 0. The summed E-state index contributed by atoms with van der Waals surface area (Å²) in [6.45, 7) is 2.14. The Morgan fingerprint density at radius 2 is 2.14 bits per heavy atom. The van der Waals surface area contributed by atoms with E-state index in [0.717, 1.165) is 19.0 Å². The molecule has 1 aliphatic heterocycles. The van der Waals surface area contributed by atoms with E-state index in [4.69, 9.17) is 0 Å². The van der Waals surface area contributed by atoms with Gasteiger partial charge in [-0.1, -0.05) is 0 Å². The molecule has 1 unspecified atom stereocenters. The molecule has 0 aromatic carbocycles. The molecule has 1 aromatic rings. The van der Waals surface area contributed by atoms with Crippen LogP contribution in [0.15, 0.2) is 18.5 Å². The number of anilines is 1. The van der Waals surface area contributed by atoms with Crippen molar-refractivity contribution < 1.29 is 0 Å². The third-order valence-corrected chi connectivity index (χ3v) is 2.45. The van der Waals surface area contributed by atoms with E-state index in [1.807, 2.05) is 13.1 Å². The lowest BCUT2D eigenvalue weighted by atomic mass is 10.2. The molecule has 14 heavy (non-hydrogen) atoms. The van der Waals surface area contributed by atoms with Crippen LogP contribution < -0.4 is 10.2 Å². The number of hydrogen-bond donors (Lipinski definition) is 1. The maximum absolute atomic E-state index is 4.21. The molecule has 1 aromatic heterocycles. The molecule has 1 aliphatic rings. The van der Waals surface area contributed by atoms with E-state index >= 15 is 0 Å². The summed E-state index contributed by atoms with van der Waals surface area (Å²) in [6, 6.07) is 2.38. The molecule has 0 aliphatic carbocycles. The normalized spacial score (nSPS) is 20.2. The molecule has 0 spiro atoms. The number of nitrogens with one attached hydrogen (secondary N) is 1. The van der Waals surface area contributed by atoms with Crippen molar-refractivity contribution in [2.75, 3.05) is 25.0 Å². The molecule has 1 saturated heterocycles. The molecular formula is C9H15ClN4. The monoisotopic (exact) mass is 214 g/mol.